The standard InChI is InChI=1S/C10H10Cl2O6/c1-17-7(15)10(8(16)18-2)3-9(4-10,5(11)13)6(12)14/h3-4H2,1-2H3. The first-order chi connectivity index (χ1) is 8.26. The van der Waals surface area contributed by atoms with Gasteiger partial charge in [-0.2, -0.15) is 0 Å². The number of rotatable bonds is 4. The van der Waals surface area contributed by atoms with Crippen molar-refractivity contribution in [3.63, 3.8) is 0 Å². The molecule has 1 saturated carbocycles. The molecule has 1 aliphatic rings. The second kappa shape index (κ2) is 4.85. The van der Waals surface area contributed by atoms with Gasteiger partial charge in [0, 0.05) is 0 Å². The number of hydrogen-bond acceptors (Lipinski definition) is 6. The molecule has 0 heterocycles. The molecule has 0 aromatic carbocycles. The lowest BCUT2D eigenvalue weighted by Crippen LogP contribution is -2.61. The fourth-order valence-corrected chi connectivity index (χ4v) is 2.58. The Hall–Kier alpha value is -1.14. The summed E-state index contributed by atoms with van der Waals surface area (Å²) >= 11 is 10.6. The minimum atomic E-state index is -1.73. The van der Waals surface area contributed by atoms with Crippen molar-refractivity contribution in [1.29, 1.82) is 0 Å². The Balaban J connectivity index is 3.11. The maximum Gasteiger partial charge on any atom is 0.323 e. The van der Waals surface area contributed by atoms with Crippen LogP contribution in [-0.2, 0) is 28.7 Å². The molecule has 0 aromatic heterocycles. The fraction of sp³-hybridized carbons (Fsp3) is 0.600. The number of carbonyl (C=O) groups excluding carboxylic acids is 4. The largest absolute Gasteiger partial charge is 0.468 e. The van der Waals surface area contributed by atoms with Gasteiger partial charge in [-0.3, -0.25) is 19.2 Å². The summed E-state index contributed by atoms with van der Waals surface area (Å²) in [6.45, 7) is 0. The smallest absolute Gasteiger partial charge is 0.323 e. The van der Waals surface area contributed by atoms with Crippen molar-refractivity contribution in [2.45, 2.75) is 12.8 Å². The average Bonchev–Trinajstić information content (AvgIpc) is 2.26. The van der Waals surface area contributed by atoms with E-state index < -0.39 is 46.1 Å². The average molecular weight is 297 g/mol. The molecule has 0 atom stereocenters. The van der Waals surface area contributed by atoms with Gasteiger partial charge in [0.25, 0.3) is 0 Å². The number of carbonyl (C=O) groups is 4. The lowest BCUT2D eigenvalue weighted by atomic mass is 9.53. The molecule has 0 saturated heterocycles. The molecule has 0 spiro atoms. The molecule has 1 fully saturated rings. The zero-order valence-corrected chi connectivity index (χ0v) is 11.1. The zero-order chi connectivity index (χ0) is 14.1. The van der Waals surface area contributed by atoms with Crippen LogP contribution in [0.3, 0.4) is 0 Å². The minimum Gasteiger partial charge on any atom is -0.468 e. The Morgan fingerprint density at radius 2 is 1.17 bits per heavy atom. The van der Waals surface area contributed by atoms with Crippen LogP contribution < -0.4 is 0 Å². The number of halogens is 2. The van der Waals surface area contributed by atoms with Crippen molar-refractivity contribution in [3.8, 4) is 0 Å². The summed E-state index contributed by atoms with van der Waals surface area (Å²) in [5, 5.41) is -2.02. The van der Waals surface area contributed by atoms with Crippen molar-refractivity contribution >= 4 is 45.6 Å². The molecular weight excluding hydrogens is 287 g/mol. The van der Waals surface area contributed by atoms with Gasteiger partial charge in [0.1, 0.15) is 5.41 Å². The van der Waals surface area contributed by atoms with Crippen molar-refractivity contribution in [2.24, 2.45) is 10.8 Å². The molecule has 0 radical (unpaired) electrons. The van der Waals surface area contributed by atoms with Crippen LogP contribution in [0.15, 0.2) is 0 Å². The number of esters is 2. The Morgan fingerprint density at radius 1 is 0.833 bits per heavy atom. The Bertz CT molecular complexity index is 390. The van der Waals surface area contributed by atoms with Crippen molar-refractivity contribution in [1.82, 2.24) is 0 Å². The topological polar surface area (TPSA) is 86.7 Å². The summed E-state index contributed by atoms with van der Waals surface area (Å²) in [6.07, 6.45) is -0.881. The lowest BCUT2D eigenvalue weighted by Gasteiger charge is -2.47. The molecule has 0 amide bonds. The first-order valence-electron chi connectivity index (χ1n) is 4.83. The van der Waals surface area contributed by atoms with Crippen LogP contribution in [0.1, 0.15) is 12.8 Å². The van der Waals surface area contributed by atoms with Gasteiger partial charge in [-0.05, 0) is 36.0 Å². The van der Waals surface area contributed by atoms with E-state index in [1.165, 1.54) is 0 Å². The van der Waals surface area contributed by atoms with Crippen molar-refractivity contribution < 1.29 is 28.7 Å². The van der Waals surface area contributed by atoms with Gasteiger partial charge in [0.15, 0.2) is 5.41 Å². The third-order valence-electron chi connectivity index (χ3n) is 3.11. The summed E-state index contributed by atoms with van der Waals surface area (Å²) < 4.78 is 8.97. The van der Waals surface area contributed by atoms with Crippen LogP contribution in [0.5, 0.6) is 0 Å². The van der Waals surface area contributed by atoms with Crippen molar-refractivity contribution in [2.75, 3.05) is 14.2 Å². The number of hydrogen-bond donors (Lipinski definition) is 0. The normalized spacial score (nSPS) is 19.3. The highest BCUT2D eigenvalue weighted by molar-refractivity contribution is 6.74. The van der Waals surface area contributed by atoms with Gasteiger partial charge >= 0.3 is 11.9 Å². The van der Waals surface area contributed by atoms with Crippen LogP contribution >= 0.6 is 23.2 Å². The van der Waals surface area contributed by atoms with Crippen LogP contribution in [0.2, 0.25) is 0 Å². The van der Waals surface area contributed by atoms with Gasteiger partial charge in [0.05, 0.1) is 14.2 Å². The molecule has 18 heavy (non-hydrogen) atoms. The Labute approximate surface area is 112 Å². The van der Waals surface area contributed by atoms with Crippen LogP contribution in [0.4, 0.5) is 0 Å². The van der Waals surface area contributed by atoms with E-state index in [9.17, 15) is 19.2 Å². The molecular formula is C10H10Cl2O6. The van der Waals surface area contributed by atoms with Gasteiger partial charge in [-0.1, -0.05) is 0 Å². The van der Waals surface area contributed by atoms with E-state index in [-0.39, 0.29) is 0 Å². The predicted octanol–water partition coefficient (Wildman–Crippen LogP) is 0.630. The maximum atomic E-state index is 11.6. The highest BCUT2D eigenvalue weighted by Gasteiger charge is 2.70. The molecule has 6 nitrogen and oxygen atoms in total. The highest BCUT2D eigenvalue weighted by atomic mass is 35.5. The minimum absolute atomic E-state index is 0.440. The van der Waals surface area contributed by atoms with E-state index in [1.807, 2.05) is 0 Å². The van der Waals surface area contributed by atoms with Crippen LogP contribution in [-0.4, -0.2) is 36.6 Å². The van der Waals surface area contributed by atoms with Gasteiger partial charge in [0.2, 0.25) is 10.5 Å². The third-order valence-corrected chi connectivity index (χ3v) is 3.84. The second-order valence-corrected chi connectivity index (χ2v) is 4.73. The van der Waals surface area contributed by atoms with Gasteiger partial charge in [-0.15, -0.1) is 0 Å². The lowest BCUT2D eigenvalue weighted by molar-refractivity contribution is -0.187. The molecule has 100 valence electrons. The van der Waals surface area contributed by atoms with E-state index in [0.29, 0.717) is 0 Å². The fourth-order valence-electron chi connectivity index (χ4n) is 2.10. The van der Waals surface area contributed by atoms with E-state index in [2.05, 4.69) is 9.47 Å². The molecule has 0 bridgehead atoms. The first kappa shape index (κ1) is 14.9. The third kappa shape index (κ3) is 1.89. The SMILES string of the molecule is COC(=O)C1(C(=O)OC)CC(C(=O)Cl)(C(=O)Cl)C1. The first-order valence-corrected chi connectivity index (χ1v) is 5.59. The Morgan fingerprint density at radius 3 is 1.39 bits per heavy atom. The second-order valence-electron chi connectivity index (χ2n) is 4.05. The molecule has 0 N–H and O–H groups in total. The van der Waals surface area contributed by atoms with E-state index in [4.69, 9.17) is 23.2 Å². The highest BCUT2D eigenvalue weighted by Crippen LogP contribution is 2.58. The van der Waals surface area contributed by atoms with E-state index >= 15 is 0 Å². The maximum absolute atomic E-state index is 11.6. The summed E-state index contributed by atoms with van der Waals surface area (Å²) in [4.78, 5) is 45.7. The van der Waals surface area contributed by atoms with Crippen LogP contribution in [0, 0.1) is 10.8 Å². The summed E-state index contributed by atoms with van der Waals surface area (Å²) in [7, 11) is 2.16. The van der Waals surface area contributed by atoms with E-state index in [1.54, 1.807) is 0 Å². The quantitative estimate of drug-likeness (QED) is 0.430. The monoisotopic (exact) mass is 296 g/mol. The molecule has 1 rings (SSSR count). The van der Waals surface area contributed by atoms with Crippen LogP contribution in [0.25, 0.3) is 0 Å². The molecule has 8 heteroatoms. The molecule has 0 unspecified atom stereocenters. The van der Waals surface area contributed by atoms with Gasteiger partial charge < -0.3 is 9.47 Å². The number of ether oxygens (including phenoxy) is 2. The molecule has 0 aromatic rings. The number of methoxy groups -OCH3 is 2. The Kier molecular flexibility index (Phi) is 4.02. The zero-order valence-electron chi connectivity index (χ0n) is 9.62. The van der Waals surface area contributed by atoms with E-state index in [0.717, 1.165) is 14.2 Å². The van der Waals surface area contributed by atoms with Crippen molar-refractivity contribution in [3.05, 3.63) is 0 Å². The predicted molar refractivity (Wildman–Crippen MR) is 59.9 cm³/mol. The molecule has 0 aliphatic heterocycles. The summed E-state index contributed by atoms with van der Waals surface area (Å²) in [5.74, 6) is -1.78. The summed E-state index contributed by atoms with van der Waals surface area (Å²) in [6, 6.07) is 0. The molecule has 1 aliphatic carbocycles. The van der Waals surface area contributed by atoms with Gasteiger partial charge in [-0.25, -0.2) is 0 Å². The summed E-state index contributed by atoms with van der Waals surface area (Å²) in [5.41, 5.74) is -3.43.